The number of aromatic hydroxyl groups is 1. The molecule has 0 bridgehead atoms. The van der Waals surface area contributed by atoms with E-state index in [1.807, 2.05) is 78.9 Å². The fourth-order valence-corrected chi connectivity index (χ4v) is 4.10. The molecule has 0 saturated carbocycles. The van der Waals surface area contributed by atoms with Crippen molar-refractivity contribution >= 4 is 17.5 Å². The van der Waals surface area contributed by atoms with Crippen molar-refractivity contribution in [2.45, 2.75) is 26.1 Å². The molecule has 196 valence electrons. The van der Waals surface area contributed by atoms with Gasteiger partial charge in [-0.3, -0.25) is 4.79 Å². The molecule has 1 amide bonds. The molecule has 0 radical (unpaired) electrons. The fraction of sp³-hybridized carbons (Fsp3) is 0.194. The molecule has 0 aliphatic rings. The van der Waals surface area contributed by atoms with Crippen LogP contribution in [0.1, 0.15) is 22.3 Å². The van der Waals surface area contributed by atoms with Gasteiger partial charge in [0.05, 0.1) is 13.5 Å². The highest BCUT2D eigenvalue weighted by Gasteiger charge is 2.13. The van der Waals surface area contributed by atoms with Crippen LogP contribution in [-0.2, 0) is 30.8 Å². The van der Waals surface area contributed by atoms with E-state index in [2.05, 4.69) is 5.32 Å². The van der Waals surface area contributed by atoms with Crippen molar-refractivity contribution in [1.82, 2.24) is 5.32 Å². The highest BCUT2D eigenvalue weighted by atomic mass is 35.5. The Bertz CT molecular complexity index is 1350. The number of rotatable bonds is 12. The Kier molecular flexibility index (Phi) is 9.48. The van der Waals surface area contributed by atoms with E-state index in [-0.39, 0.29) is 23.8 Å². The van der Waals surface area contributed by atoms with Crippen molar-refractivity contribution in [3.63, 3.8) is 0 Å². The van der Waals surface area contributed by atoms with Crippen LogP contribution < -0.4 is 19.5 Å². The third-order valence-electron chi connectivity index (χ3n) is 5.92. The van der Waals surface area contributed by atoms with Gasteiger partial charge in [0.15, 0.2) is 23.0 Å². The summed E-state index contributed by atoms with van der Waals surface area (Å²) in [6.07, 6.45) is 0.660. The predicted molar refractivity (Wildman–Crippen MR) is 148 cm³/mol. The van der Waals surface area contributed by atoms with Gasteiger partial charge >= 0.3 is 0 Å². The number of ether oxygens (including phenoxy) is 3. The minimum Gasteiger partial charge on any atom is -0.504 e. The first-order valence-corrected chi connectivity index (χ1v) is 12.7. The van der Waals surface area contributed by atoms with Crippen molar-refractivity contribution < 1.29 is 24.1 Å². The zero-order valence-electron chi connectivity index (χ0n) is 21.2. The fourth-order valence-electron chi connectivity index (χ4n) is 3.88. The average Bonchev–Trinajstić information content (AvgIpc) is 2.94. The minimum atomic E-state index is -0.195. The first-order valence-electron chi connectivity index (χ1n) is 12.3. The Labute approximate surface area is 227 Å². The number of methoxy groups -OCH3 is 1. The third-order valence-corrected chi connectivity index (χ3v) is 6.27. The topological polar surface area (TPSA) is 77.0 Å². The van der Waals surface area contributed by atoms with Crippen molar-refractivity contribution in [2.24, 2.45) is 0 Å². The molecule has 0 saturated heterocycles. The summed E-state index contributed by atoms with van der Waals surface area (Å²) in [4.78, 5) is 12.5. The summed E-state index contributed by atoms with van der Waals surface area (Å²) >= 11 is 6.37. The smallest absolute Gasteiger partial charge is 0.224 e. The normalized spacial score (nSPS) is 10.6. The molecule has 4 rings (SSSR count). The standard InChI is InChI=1S/C31H30ClNO5/c1-36-30-16-22(12-13-28(30)37-20-23-8-4-2-5-9-23)14-15-33-31(35)18-25-17-27(34)29(19-26(25)32)38-21-24-10-6-3-7-11-24/h2-13,16-17,19,34H,14-15,18,20-21H2,1H3,(H,33,35). The molecule has 0 heterocycles. The zero-order chi connectivity index (χ0) is 26.7. The summed E-state index contributed by atoms with van der Waals surface area (Å²) in [6, 6.07) is 28.3. The van der Waals surface area contributed by atoms with Gasteiger partial charge < -0.3 is 24.6 Å². The minimum absolute atomic E-state index is 0.0426. The molecule has 6 nitrogen and oxygen atoms in total. The predicted octanol–water partition coefficient (Wildman–Crippen LogP) is 6.11. The maximum atomic E-state index is 12.5. The molecule has 4 aromatic carbocycles. The molecule has 2 N–H and O–H groups in total. The lowest BCUT2D eigenvalue weighted by Gasteiger charge is -2.13. The molecular weight excluding hydrogens is 502 g/mol. The van der Waals surface area contributed by atoms with Crippen LogP contribution in [0.15, 0.2) is 91.0 Å². The van der Waals surface area contributed by atoms with E-state index in [0.717, 1.165) is 16.7 Å². The summed E-state index contributed by atoms with van der Waals surface area (Å²) in [6.45, 7) is 1.19. The molecule has 0 fully saturated rings. The van der Waals surface area contributed by atoms with Crippen LogP contribution in [0.25, 0.3) is 0 Å². The summed E-state index contributed by atoms with van der Waals surface area (Å²) in [5.74, 6) is 1.32. The molecular formula is C31H30ClNO5. The monoisotopic (exact) mass is 531 g/mol. The van der Waals surface area contributed by atoms with Crippen molar-refractivity contribution in [1.29, 1.82) is 0 Å². The quantitative estimate of drug-likeness (QED) is 0.230. The van der Waals surface area contributed by atoms with Crippen LogP contribution in [0, 0.1) is 0 Å². The number of amides is 1. The summed E-state index contributed by atoms with van der Waals surface area (Å²) in [5.41, 5.74) is 3.57. The molecule has 4 aromatic rings. The van der Waals surface area contributed by atoms with Crippen LogP contribution in [0.5, 0.6) is 23.0 Å². The molecule has 0 spiro atoms. The van der Waals surface area contributed by atoms with Gasteiger partial charge in [0.2, 0.25) is 5.91 Å². The maximum Gasteiger partial charge on any atom is 0.224 e. The first-order chi connectivity index (χ1) is 18.5. The van der Waals surface area contributed by atoms with Gasteiger partial charge in [0.1, 0.15) is 13.2 Å². The van der Waals surface area contributed by atoms with E-state index in [0.29, 0.717) is 48.3 Å². The summed E-state index contributed by atoms with van der Waals surface area (Å²) < 4.78 is 17.1. The average molecular weight is 532 g/mol. The van der Waals surface area contributed by atoms with Crippen LogP contribution in [-0.4, -0.2) is 24.7 Å². The van der Waals surface area contributed by atoms with Gasteiger partial charge in [0.25, 0.3) is 0 Å². The van der Waals surface area contributed by atoms with Crippen LogP contribution in [0.4, 0.5) is 0 Å². The number of phenolic OH excluding ortho intramolecular Hbond substituents is 1. The largest absolute Gasteiger partial charge is 0.504 e. The van der Waals surface area contributed by atoms with Gasteiger partial charge in [-0.25, -0.2) is 0 Å². The lowest BCUT2D eigenvalue weighted by atomic mass is 10.1. The number of hydrogen-bond acceptors (Lipinski definition) is 5. The number of carbonyl (C=O) groups excluding carboxylic acids is 1. The molecule has 0 aliphatic heterocycles. The number of carbonyl (C=O) groups is 1. The number of benzene rings is 4. The molecule has 38 heavy (non-hydrogen) atoms. The van der Waals surface area contributed by atoms with Gasteiger partial charge in [-0.05, 0) is 46.9 Å². The van der Waals surface area contributed by atoms with Gasteiger partial charge in [-0.2, -0.15) is 0 Å². The van der Waals surface area contributed by atoms with Crippen LogP contribution in [0.2, 0.25) is 5.02 Å². The van der Waals surface area contributed by atoms with Crippen LogP contribution in [0.3, 0.4) is 0 Å². The zero-order valence-corrected chi connectivity index (χ0v) is 21.9. The third kappa shape index (κ3) is 7.67. The molecule has 0 unspecified atom stereocenters. The lowest BCUT2D eigenvalue weighted by molar-refractivity contribution is -0.120. The summed E-state index contributed by atoms with van der Waals surface area (Å²) in [7, 11) is 1.60. The first kappa shape index (κ1) is 26.9. The Morgan fingerprint density at radius 3 is 2.05 bits per heavy atom. The Hall–Kier alpha value is -4.16. The van der Waals surface area contributed by atoms with Gasteiger partial charge in [-0.1, -0.05) is 78.3 Å². The second-order valence-corrected chi connectivity index (χ2v) is 9.13. The summed E-state index contributed by atoms with van der Waals surface area (Å²) in [5, 5.41) is 13.6. The Morgan fingerprint density at radius 2 is 1.42 bits per heavy atom. The highest BCUT2D eigenvalue weighted by molar-refractivity contribution is 6.31. The SMILES string of the molecule is COc1cc(CCNC(=O)Cc2cc(O)c(OCc3ccccc3)cc2Cl)ccc1OCc1ccccc1. The number of halogens is 1. The van der Waals surface area contributed by atoms with Crippen molar-refractivity contribution in [3.8, 4) is 23.0 Å². The maximum absolute atomic E-state index is 12.5. The highest BCUT2D eigenvalue weighted by Crippen LogP contribution is 2.33. The molecule has 0 aromatic heterocycles. The number of nitrogens with one attached hydrogen (secondary N) is 1. The van der Waals surface area contributed by atoms with E-state index < -0.39 is 0 Å². The van der Waals surface area contributed by atoms with Crippen LogP contribution >= 0.6 is 11.6 Å². The van der Waals surface area contributed by atoms with Crippen molar-refractivity contribution in [3.05, 3.63) is 118 Å². The van der Waals surface area contributed by atoms with Crippen molar-refractivity contribution in [2.75, 3.05) is 13.7 Å². The second-order valence-electron chi connectivity index (χ2n) is 8.72. The lowest BCUT2D eigenvalue weighted by Crippen LogP contribution is -2.27. The Morgan fingerprint density at radius 1 is 0.789 bits per heavy atom. The number of phenols is 1. The van der Waals surface area contributed by atoms with E-state index in [4.69, 9.17) is 25.8 Å². The number of hydrogen-bond donors (Lipinski definition) is 2. The molecule has 0 aliphatic carbocycles. The van der Waals surface area contributed by atoms with E-state index >= 15 is 0 Å². The van der Waals surface area contributed by atoms with E-state index in [1.54, 1.807) is 7.11 Å². The van der Waals surface area contributed by atoms with E-state index in [9.17, 15) is 9.90 Å². The molecule has 0 atom stereocenters. The molecule has 7 heteroatoms. The van der Waals surface area contributed by atoms with Gasteiger partial charge in [-0.15, -0.1) is 0 Å². The second kappa shape index (κ2) is 13.4. The van der Waals surface area contributed by atoms with E-state index in [1.165, 1.54) is 12.1 Å². The Balaban J connectivity index is 1.26. The van der Waals surface area contributed by atoms with Gasteiger partial charge in [0, 0.05) is 17.6 Å².